The number of hydrogen-bond donors (Lipinski definition) is 0. The highest BCUT2D eigenvalue weighted by Crippen LogP contribution is 2.35. The fraction of sp³-hybridized carbons (Fsp3) is 0.455. The lowest BCUT2D eigenvalue weighted by Crippen LogP contribution is -1.93. The molecule has 0 atom stereocenters. The summed E-state index contributed by atoms with van der Waals surface area (Å²) in [6.07, 6.45) is 0. The Kier molecular flexibility index (Phi) is 3.18. The first kappa shape index (κ1) is 9.90. The molecule has 72 valence electrons. The van der Waals surface area contributed by atoms with Crippen molar-refractivity contribution in [1.82, 2.24) is 0 Å². The van der Waals surface area contributed by atoms with Crippen LogP contribution in [-0.4, -0.2) is 6.79 Å². The molecule has 1 aliphatic heterocycles. The van der Waals surface area contributed by atoms with Crippen LogP contribution in [0.15, 0.2) is 12.1 Å². The zero-order chi connectivity index (χ0) is 9.84. The van der Waals surface area contributed by atoms with Gasteiger partial charge >= 0.3 is 0 Å². The molecule has 0 spiro atoms. The molecular weight excluding hydrogens is 164 g/mol. The van der Waals surface area contributed by atoms with Gasteiger partial charge in [-0.25, -0.2) is 0 Å². The highest BCUT2D eigenvalue weighted by atomic mass is 16.7. The van der Waals surface area contributed by atoms with Gasteiger partial charge in [-0.3, -0.25) is 0 Å². The lowest BCUT2D eigenvalue weighted by molar-refractivity contribution is 0.173. The van der Waals surface area contributed by atoms with E-state index >= 15 is 0 Å². The first-order valence-corrected chi connectivity index (χ1v) is 4.64. The predicted octanol–water partition coefficient (Wildman–Crippen LogP) is 3.06. The second-order valence-electron chi connectivity index (χ2n) is 2.82. The molecule has 1 heterocycles. The molecule has 0 saturated carbocycles. The van der Waals surface area contributed by atoms with Crippen molar-refractivity contribution in [3.63, 3.8) is 0 Å². The molecular formula is C11H16O2. The molecule has 1 aliphatic rings. The molecule has 2 rings (SSSR count). The third-order valence-corrected chi connectivity index (χ3v) is 1.80. The van der Waals surface area contributed by atoms with Crippen LogP contribution in [0.2, 0.25) is 0 Å². The van der Waals surface area contributed by atoms with Gasteiger partial charge in [-0.05, 0) is 31.0 Å². The van der Waals surface area contributed by atoms with Crippen molar-refractivity contribution in [2.45, 2.75) is 27.7 Å². The number of benzene rings is 1. The van der Waals surface area contributed by atoms with E-state index in [1.807, 2.05) is 26.8 Å². The fourth-order valence-corrected chi connectivity index (χ4v) is 1.36. The standard InChI is InChI=1S/C9H10O2.C2H6/c1-6-3-7(2)9-8(4-6)10-5-11-9;1-2/h3-4H,5H2,1-2H3;1-2H3. The van der Waals surface area contributed by atoms with Crippen LogP contribution in [0.3, 0.4) is 0 Å². The normalized spacial score (nSPS) is 12.0. The molecule has 0 saturated heterocycles. The zero-order valence-corrected chi connectivity index (χ0v) is 8.68. The SMILES string of the molecule is CC.Cc1cc(C)c2c(c1)OCO2. The summed E-state index contributed by atoms with van der Waals surface area (Å²) in [5.74, 6) is 1.78. The van der Waals surface area contributed by atoms with Gasteiger partial charge in [-0.2, -0.15) is 0 Å². The van der Waals surface area contributed by atoms with Crippen molar-refractivity contribution in [3.05, 3.63) is 23.3 Å². The Balaban J connectivity index is 0.000000396. The molecule has 2 heteroatoms. The smallest absolute Gasteiger partial charge is 0.231 e. The van der Waals surface area contributed by atoms with Crippen molar-refractivity contribution < 1.29 is 9.47 Å². The summed E-state index contributed by atoms with van der Waals surface area (Å²) in [4.78, 5) is 0. The molecule has 0 fully saturated rings. The Morgan fingerprint density at radius 2 is 1.77 bits per heavy atom. The number of hydrogen-bond acceptors (Lipinski definition) is 2. The van der Waals surface area contributed by atoms with Crippen LogP contribution in [0.25, 0.3) is 0 Å². The van der Waals surface area contributed by atoms with Gasteiger partial charge in [0.15, 0.2) is 11.5 Å². The highest BCUT2D eigenvalue weighted by Gasteiger charge is 2.15. The van der Waals surface area contributed by atoms with E-state index in [-0.39, 0.29) is 0 Å². The van der Waals surface area contributed by atoms with Crippen molar-refractivity contribution in [2.75, 3.05) is 6.79 Å². The van der Waals surface area contributed by atoms with Gasteiger partial charge in [0.25, 0.3) is 0 Å². The van der Waals surface area contributed by atoms with E-state index in [4.69, 9.17) is 9.47 Å². The van der Waals surface area contributed by atoms with Crippen molar-refractivity contribution in [2.24, 2.45) is 0 Å². The minimum Gasteiger partial charge on any atom is -0.454 e. The molecule has 0 amide bonds. The maximum atomic E-state index is 5.26. The first-order chi connectivity index (χ1) is 6.27. The second kappa shape index (κ2) is 4.17. The number of rotatable bonds is 0. The quantitative estimate of drug-likeness (QED) is 0.611. The van der Waals surface area contributed by atoms with E-state index in [2.05, 4.69) is 13.0 Å². The van der Waals surface area contributed by atoms with Crippen molar-refractivity contribution >= 4 is 0 Å². The highest BCUT2D eigenvalue weighted by molar-refractivity contribution is 5.49. The summed E-state index contributed by atoms with van der Waals surface area (Å²) in [5, 5.41) is 0. The summed E-state index contributed by atoms with van der Waals surface area (Å²) < 4.78 is 10.5. The summed E-state index contributed by atoms with van der Waals surface area (Å²) in [5.41, 5.74) is 2.37. The second-order valence-corrected chi connectivity index (χ2v) is 2.82. The molecule has 1 aromatic rings. The minimum atomic E-state index is 0.361. The van der Waals surface area contributed by atoms with E-state index in [9.17, 15) is 0 Å². The van der Waals surface area contributed by atoms with E-state index < -0.39 is 0 Å². The van der Waals surface area contributed by atoms with Crippen molar-refractivity contribution in [1.29, 1.82) is 0 Å². The predicted molar refractivity (Wildman–Crippen MR) is 53.4 cm³/mol. The van der Waals surface area contributed by atoms with Crippen LogP contribution in [0.1, 0.15) is 25.0 Å². The van der Waals surface area contributed by atoms with Crippen LogP contribution < -0.4 is 9.47 Å². The lowest BCUT2D eigenvalue weighted by atomic mass is 10.1. The number of fused-ring (bicyclic) bond motifs is 1. The zero-order valence-electron chi connectivity index (χ0n) is 8.68. The lowest BCUT2D eigenvalue weighted by Gasteiger charge is -2.00. The maximum absolute atomic E-state index is 5.26. The first-order valence-electron chi connectivity index (χ1n) is 4.64. The average Bonchev–Trinajstić information content (AvgIpc) is 2.55. The molecule has 0 aliphatic carbocycles. The van der Waals surface area contributed by atoms with E-state index in [0.29, 0.717) is 6.79 Å². The summed E-state index contributed by atoms with van der Waals surface area (Å²) in [7, 11) is 0. The molecule has 0 radical (unpaired) electrons. The van der Waals surface area contributed by atoms with E-state index in [1.54, 1.807) is 0 Å². The Morgan fingerprint density at radius 3 is 2.46 bits per heavy atom. The van der Waals surface area contributed by atoms with Crippen LogP contribution in [-0.2, 0) is 0 Å². The Morgan fingerprint density at radius 1 is 1.08 bits per heavy atom. The molecule has 0 N–H and O–H groups in total. The van der Waals surface area contributed by atoms with Gasteiger partial charge in [-0.1, -0.05) is 19.9 Å². The van der Waals surface area contributed by atoms with Gasteiger partial charge in [0.2, 0.25) is 6.79 Å². The third kappa shape index (κ3) is 1.94. The fourth-order valence-electron chi connectivity index (χ4n) is 1.36. The van der Waals surface area contributed by atoms with Crippen LogP contribution >= 0.6 is 0 Å². The largest absolute Gasteiger partial charge is 0.454 e. The minimum absolute atomic E-state index is 0.361. The van der Waals surface area contributed by atoms with Crippen LogP contribution in [0, 0.1) is 13.8 Å². The van der Waals surface area contributed by atoms with Gasteiger partial charge in [0.1, 0.15) is 0 Å². The summed E-state index contributed by atoms with van der Waals surface area (Å²) in [6, 6.07) is 4.09. The van der Waals surface area contributed by atoms with Crippen LogP contribution in [0.4, 0.5) is 0 Å². The van der Waals surface area contributed by atoms with Crippen LogP contribution in [0.5, 0.6) is 11.5 Å². The van der Waals surface area contributed by atoms with E-state index in [0.717, 1.165) is 17.1 Å². The van der Waals surface area contributed by atoms with Crippen molar-refractivity contribution in [3.8, 4) is 11.5 Å². The average molecular weight is 180 g/mol. The molecule has 1 aromatic carbocycles. The number of aryl methyl sites for hydroxylation is 2. The summed E-state index contributed by atoms with van der Waals surface area (Å²) in [6.45, 7) is 8.44. The maximum Gasteiger partial charge on any atom is 0.231 e. The topological polar surface area (TPSA) is 18.5 Å². The van der Waals surface area contributed by atoms with Gasteiger partial charge in [-0.15, -0.1) is 0 Å². The Bertz CT molecular complexity index is 292. The monoisotopic (exact) mass is 180 g/mol. The van der Waals surface area contributed by atoms with E-state index in [1.165, 1.54) is 5.56 Å². The van der Waals surface area contributed by atoms with Gasteiger partial charge < -0.3 is 9.47 Å². The Labute approximate surface area is 79.5 Å². The van der Waals surface area contributed by atoms with Gasteiger partial charge in [0.05, 0.1) is 0 Å². The Hall–Kier alpha value is -1.18. The third-order valence-electron chi connectivity index (χ3n) is 1.80. The molecule has 2 nitrogen and oxygen atoms in total. The summed E-state index contributed by atoms with van der Waals surface area (Å²) >= 11 is 0. The van der Waals surface area contributed by atoms with Gasteiger partial charge in [0, 0.05) is 0 Å². The molecule has 13 heavy (non-hydrogen) atoms. The number of ether oxygens (including phenoxy) is 2. The molecule has 0 unspecified atom stereocenters. The molecule has 0 bridgehead atoms. The molecule has 0 aromatic heterocycles.